The van der Waals surface area contributed by atoms with Gasteiger partial charge in [-0.2, -0.15) is 0 Å². The van der Waals surface area contributed by atoms with Crippen LogP contribution in [0.4, 0.5) is 5.69 Å². The van der Waals surface area contributed by atoms with Crippen LogP contribution in [0.2, 0.25) is 0 Å². The van der Waals surface area contributed by atoms with Crippen molar-refractivity contribution in [1.82, 2.24) is 5.32 Å². The Morgan fingerprint density at radius 3 is 2.61 bits per heavy atom. The zero-order valence-electron chi connectivity index (χ0n) is 17.1. The lowest BCUT2D eigenvalue weighted by atomic mass is 9.96. The number of aryl methyl sites for hydroxylation is 1. The number of hydrogen-bond donors (Lipinski definition) is 1. The summed E-state index contributed by atoms with van der Waals surface area (Å²) < 4.78 is 33.5. The number of unbranched alkanes of at least 4 members (excludes halogenated alkanes) is 1. The van der Waals surface area contributed by atoms with Gasteiger partial charge in [0.15, 0.2) is 0 Å². The van der Waals surface area contributed by atoms with Gasteiger partial charge in [0.2, 0.25) is 0 Å². The third-order valence-electron chi connectivity index (χ3n) is 5.08. The maximum atomic E-state index is 13.2. The Bertz CT molecular complexity index is 925. The van der Waals surface area contributed by atoms with Crippen LogP contribution >= 0.6 is 0 Å². The van der Waals surface area contributed by atoms with Crippen LogP contribution in [0.5, 0.6) is 0 Å². The molecule has 28 heavy (non-hydrogen) atoms. The van der Waals surface area contributed by atoms with Crippen LogP contribution in [0.25, 0.3) is 0 Å². The highest BCUT2D eigenvalue weighted by Crippen LogP contribution is 2.40. The third kappa shape index (κ3) is 4.24. The Morgan fingerprint density at radius 1 is 1.11 bits per heavy atom. The Balaban J connectivity index is 1.92. The molecule has 5 nitrogen and oxygen atoms in total. The van der Waals surface area contributed by atoms with Crippen LogP contribution in [-0.2, 0) is 14.8 Å². The molecule has 6 heteroatoms. The summed E-state index contributed by atoms with van der Waals surface area (Å²) in [5.41, 5.74) is 3.44. The van der Waals surface area contributed by atoms with Gasteiger partial charge in [-0.25, -0.2) is 8.42 Å². The lowest BCUT2D eigenvalue weighted by Gasteiger charge is -2.22. The van der Waals surface area contributed by atoms with Crippen LogP contribution in [0.1, 0.15) is 49.4 Å². The van der Waals surface area contributed by atoms with Crippen molar-refractivity contribution >= 4 is 15.7 Å². The number of benzene rings is 2. The van der Waals surface area contributed by atoms with Gasteiger partial charge in [-0.3, -0.25) is 4.31 Å². The third-order valence-corrected chi connectivity index (χ3v) is 6.90. The van der Waals surface area contributed by atoms with E-state index >= 15 is 0 Å². The number of fused-ring (bicyclic) bond motifs is 2. The predicted molar refractivity (Wildman–Crippen MR) is 113 cm³/mol. The van der Waals surface area contributed by atoms with Crippen LogP contribution in [-0.4, -0.2) is 34.7 Å². The summed E-state index contributed by atoms with van der Waals surface area (Å²) in [6.07, 6.45) is 2.19. The second kappa shape index (κ2) is 8.64. The van der Waals surface area contributed by atoms with Crippen LogP contribution in [0, 0.1) is 6.92 Å². The molecule has 0 fully saturated rings. The summed E-state index contributed by atoms with van der Waals surface area (Å²) in [5, 5.41) is 3.59. The number of sulfonamides is 1. The van der Waals surface area contributed by atoms with Gasteiger partial charge in [0.05, 0.1) is 22.7 Å². The van der Waals surface area contributed by atoms with Gasteiger partial charge in [0, 0.05) is 13.7 Å². The van der Waals surface area contributed by atoms with Gasteiger partial charge < -0.3 is 10.1 Å². The quantitative estimate of drug-likeness (QED) is 0.711. The first kappa shape index (κ1) is 20.8. The van der Waals surface area contributed by atoms with Gasteiger partial charge in [-0.15, -0.1) is 0 Å². The van der Waals surface area contributed by atoms with Crippen LogP contribution < -0.4 is 9.62 Å². The lowest BCUT2D eigenvalue weighted by Crippen LogP contribution is -2.26. The van der Waals surface area contributed by atoms with Gasteiger partial charge in [-0.1, -0.05) is 30.3 Å². The minimum Gasteiger partial charge on any atom is -0.379 e. The highest BCUT2D eigenvalue weighted by molar-refractivity contribution is 7.92. The van der Waals surface area contributed by atoms with E-state index in [1.165, 1.54) is 4.31 Å². The summed E-state index contributed by atoms with van der Waals surface area (Å²) in [6.45, 7) is 7.53. The van der Waals surface area contributed by atoms with Crippen molar-refractivity contribution in [1.29, 1.82) is 0 Å². The van der Waals surface area contributed by atoms with Gasteiger partial charge in [-0.05, 0) is 69.0 Å². The van der Waals surface area contributed by atoms with Crippen molar-refractivity contribution in [3.8, 4) is 0 Å². The van der Waals surface area contributed by atoms with E-state index in [0.717, 1.165) is 48.4 Å². The van der Waals surface area contributed by atoms with Gasteiger partial charge in [0.1, 0.15) is 0 Å². The molecule has 1 aliphatic rings. The molecule has 0 saturated heterocycles. The summed E-state index contributed by atoms with van der Waals surface area (Å²) in [7, 11) is -1.97. The molecule has 1 aliphatic heterocycles. The molecule has 0 saturated carbocycles. The minimum atomic E-state index is -3.60. The van der Waals surface area contributed by atoms with Crippen LogP contribution in [0.15, 0.2) is 47.4 Å². The van der Waals surface area contributed by atoms with Crippen LogP contribution in [0.3, 0.4) is 0 Å². The highest BCUT2D eigenvalue weighted by atomic mass is 32.2. The van der Waals surface area contributed by atoms with E-state index < -0.39 is 10.0 Å². The molecule has 2 aromatic rings. The lowest BCUT2D eigenvalue weighted by molar-refractivity contribution is 0.0760. The smallest absolute Gasteiger partial charge is 0.264 e. The SMILES string of the molecule is Cc1ccc2c(c1)S(=O)(=O)N(C)c1ccccc1C2NCCCCOC(C)C. The van der Waals surface area contributed by atoms with E-state index in [0.29, 0.717) is 4.90 Å². The fourth-order valence-electron chi connectivity index (χ4n) is 3.58. The Morgan fingerprint density at radius 2 is 1.86 bits per heavy atom. The molecule has 0 radical (unpaired) electrons. The van der Waals surface area contributed by atoms with Gasteiger partial charge in [0.25, 0.3) is 10.0 Å². The van der Waals surface area contributed by atoms with E-state index in [1.807, 2.05) is 57.2 Å². The molecule has 0 bridgehead atoms. The molecule has 152 valence electrons. The first-order valence-corrected chi connectivity index (χ1v) is 11.3. The molecule has 3 rings (SSSR count). The summed E-state index contributed by atoms with van der Waals surface area (Å²) >= 11 is 0. The molecule has 1 unspecified atom stereocenters. The fourth-order valence-corrected chi connectivity index (χ4v) is 5.12. The molecular formula is C22H30N2O3S. The topological polar surface area (TPSA) is 58.6 Å². The largest absolute Gasteiger partial charge is 0.379 e. The minimum absolute atomic E-state index is 0.169. The second-order valence-corrected chi connectivity index (χ2v) is 9.52. The molecule has 1 atom stereocenters. The predicted octanol–water partition coefficient (Wildman–Crippen LogP) is 4.02. The van der Waals surface area contributed by atoms with E-state index in [1.54, 1.807) is 13.1 Å². The standard InChI is InChI=1S/C22H30N2O3S/c1-16(2)27-14-8-7-13-23-22-18-9-5-6-10-20(18)24(4)28(25,26)21-15-17(3)11-12-19(21)22/h5-6,9-12,15-16,22-23H,7-8,13-14H2,1-4H3. The van der Waals surface area contributed by atoms with Crippen molar-refractivity contribution in [2.45, 2.75) is 50.7 Å². The van der Waals surface area contributed by atoms with Crippen molar-refractivity contribution < 1.29 is 13.2 Å². The molecular weight excluding hydrogens is 372 g/mol. The first-order valence-electron chi connectivity index (χ1n) is 9.85. The number of nitrogens with one attached hydrogen (secondary N) is 1. The van der Waals surface area contributed by atoms with E-state index in [9.17, 15) is 8.42 Å². The number of anilines is 1. The molecule has 0 aliphatic carbocycles. The normalized spacial score (nSPS) is 17.9. The highest BCUT2D eigenvalue weighted by Gasteiger charge is 2.34. The Hall–Kier alpha value is -1.89. The van der Waals surface area contributed by atoms with Crippen molar-refractivity contribution in [3.63, 3.8) is 0 Å². The van der Waals surface area contributed by atoms with Crippen molar-refractivity contribution in [2.75, 3.05) is 24.5 Å². The maximum absolute atomic E-state index is 13.2. The number of hydrogen-bond acceptors (Lipinski definition) is 4. The van der Waals surface area contributed by atoms with Crippen molar-refractivity contribution in [2.24, 2.45) is 0 Å². The number of ether oxygens (including phenoxy) is 1. The molecule has 2 aromatic carbocycles. The zero-order chi connectivity index (χ0) is 20.3. The fraction of sp³-hybridized carbons (Fsp3) is 0.455. The van der Waals surface area contributed by atoms with E-state index in [2.05, 4.69) is 5.32 Å². The summed E-state index contributed by atoms with van der Waals surface area (Å²) in [5.74, 6) is 0. The first-order chi connectivity index (χ1) is 13.3. The monoisotopic (exact) mass is 402 g/mol. The van der Waals surface area contributed by atoms with E-state index in [-0.39, 0.29) is 12.1 Å². The summed E-state index contributed by atoms with van der Waals surface area (Å²) in [6, 6.07) is 13.3. The molecule has 0 amide bonds. The maximum Gasteiger partial charge on any atom is 0.264 e. The number of nitrogens with zero attached hydrogens (tertiary/aromatic N) is 1. The van der Waals surface area contributed by atoms with E-state index in [4.69, 9.17) is 4.74 Å². The molecule has 0 spiro atoms. The molecule has 0 aromatic heterocycles. The summed E-state index contributed by atoms with van der Waals surface area (Å²) in [4.78, 5) is 0.381. The Labute approximate surface area is 168 Å². The molecule has 1 heterocycles. The second-order valence-electron chi connectivity index (χ2n) is 7.59. The molecule has 1 N–H and O–H groups in total. The Kier molecular flexibility index (Phi) is 6.43. The zero-order valence-corrected chi connectivity index (χ0v) is 17.9. The van der Waals surface area contributed by atoms with Gasteiger partial charge >= 0.3 is 0 Å². The van der Waals surface area contributed by atoms with Crippen molar-refractivity contribution in [3.05, 3.63) is 59.2 Å². The number of para-hydroxylation sites is 1. The average Bonchev–Trinajstić information content (AvgIpc) is 2.72. The number of rotatable bonds is 7. The average molecular weight is 403 g/mol.